The zero-order chi connectivity index (χ0) is 13.3. The molecule has 2 rings (SSSR count). The van der Waals surface area contributed by atoms with Crippen LogP contribution in [-0.2, 0) is 4.79 Å². The third-order valence-corrected chi connectivity index (χ3v) is 5.03. The lowest BCUT2D eigenvalue weighted by Gasteiger charge is -2.19. The summed E-state index contributed by atoms with van der Waals surface area (Å²) >= 11 is 1.75. The Labute approximate surface area is 112 Å². The van der Waals surface area contributed by atoms with Crippen LogP contribution < -0.4 is 5.32 Å². The van der Waals surface area contributed by atoms with Gasteiger partial charge in [0.1, 0.15) is 0 Å². The minimum Gasteiger partial charge on any atom is -0.396 e. The van der Waals surface area contributed by atoms with Crippen molar-refractivity contribution in [2.45, 2.75) is 39.2 Å². The van der Waals surface area contributed by atoms with Crippen LogP contribution in [0.4, 0.5) is 0 Å². The Morgan fingerprint density at radius 1 is 1.61 bits per heavy atom. The van der Waals surface area contributed by atoms with Gasteiger partial charge in [0.05, 0.1) is 0 Å². The van der Waals surface area contributed by atoms with Gasteiger partial charge in [-0.1, -0.05) is 6.92 Å². The number of nitrogens with one attached hydrogen (secondary N) is 1. The lowest BCUT2D eigenvalue weighted by atomic mass is 10.0. The quantitative estimate of drug-likeness (QED) is 0.860. The third-order valence-electron chi connectivity index (χ3n) is 3.88. The van der Waals surface area contributed by atoms with Gasteiger partial charge < -0.3 is 10.4 Å². The molecule has 0 bridgehead atoms. The van der Waals surface area contributed by atoms with Gasteiger partial charge in [-0.25, -0.2) is 0 Å². The van der Waals surface area contributed by atoms with Crippen molar-refractivity contribution in [3.63, 3.8) is 0 Å². The number of aryl methyl sites for hydroxylation is 1. The standard InChI is InChI=1S/C14H21NO2S/c1-8-4-5-18-13(8)11-6-12(11)14(17)15-10(3)9(2)7-16/h4-5,9-12,16H,6-7H2,1-3H3,(H,15,17). The predicted molar refractivity (Wildman–Crippen MR) is 73.8 cm³/mol. The fraction of sp³-hybridized carbons (Fsp3) is 0.643. The van der Waals surface area contributed by atoms with Crippen LogP contribution in [0.15, 0.2) is 11.4 Å². The molecule has 3 nitrogen and oxygen atoms in total. The van der Waals surface area contributed by atoms with Gasteiger partial charge in [0.15, 0.2) is 0 Å². The van der Waals surface area contributed by atoms with Crippen molar-refractivity contribution in [1.29, 1.82) is 0 Å². The van der Waals surface area contributed by atoms with Crippen molar-refractivity contribution >= 4 is 17.2 Å². The summed E-state index contributed by atoms with van der Waals surface area (Å²) in [6, 6.07) is 2.15. The van der Waals surface area contributed by atoms with Crippen molar-refractivity contribution in [3.8, 4) is 0 Å². The molecule has 1 aromatic heterocycles. The largest absolute Gasteiger partial charge is 0.396 e. The van der Waals surface area contributed by atoms with Crippen LogP contribution in [0, 0.1) is 18.8 Å². The Hall–Kier alpha value is -0.870. The zero-order valence-electron chi connectivity index (χ0n) is 11.1. The number of rotatable bonds is 5. The monoisotopic (exact) mass is 267 g/mol. The van der Waals surface area contributed by atoms with Crippen molar-refractivity contribution in [2.75, 3.05) is 6.61 Å². The van der Waals surface area contributed by atoms with E-state index in [1.807, 2.05) is 13.8 Å². The fourth-order valence-corrected chi connectivity index (χ4v) is 3.28. The molecule has 0 spiro atoms. The highest BCUT2D eigenvalue weighted by atomic mass is 32.1. The van der Waals surface area contributed by atoms with Crippen LogP contribution in [0.2, 0.25) is 0 Å². The maximum Gasteiger partial charge on any atom is 0.223 e. The van der Waals surface area contributed by atoms with E-state index in [9.17, 15) is 4.79 Å². The highest BCUT2D eigenvalue weighted by Crippen LogP contribution is 2.50. The lowest BCUT2D eigenvalue weighted by molar-refractivity contribution is -0.123. The molecule has 1 fully saturated rings. The Kier molecular flexibility index (Phi) is 4.07. The molecule has 0 radical (unpaired) electrons. The van der Waals surface area contributed by atoms with Crippen LogP contribution in [-0.4, -0.2) is 23.7 Å². The van der Waals surface area contributed by atoms with E-state index in [-0.39, 0.29) is 30.4 Å². The number of aliphatic hydroxyl groups excluding tert-OH is 1. The average Bonchev–Trinajstić information content (AvgIpc) is 3.04. The van der Waals surface area contributed by atoms with Crippen molar-refractivity contribution in [1.82, 2.24) is 5.32 Å². The SMILES string of the molecule is Cc1ccsc1C1CC1C(=O)NC(C)C(C)CO. The Balaban J connectivity index is 1.88. The molecule has 1 amide bonds. The topological polar surface area (TPSA) is 49.3 Å². The maximum absolute atomic E-state index is 12.1. The first-order valence-corrected chi connectivity index (χ1v) is 7.37. The van der Waals surface area contributed by atoms with Gasteiger partial charge in [-0.3, -0.25) is 4.79 Å². The lowest BCUT2D eigenvalue weighted by Crippen LogP contribution is -2.39. The van der Waals surface area contributed by atoms with Crippen LogP contribution in [0.25, 0.3) is 0 Å². The second-order valence-electron chi connectivity index (χ2n) is 5.37. The molecule has 2 N–H and O–H groups in total. The van der Waals surface area contributed by atoms with Gasteiger partial charge in [0, 0.05) is 29.4 Å². The number of hydrogen-bond acceptors (Lipinski definition) is 3. The van der Waals surface area contributed by atoms with Gasteiger partial charge in [0.2, 0.25) is 5.91 Å². The van der Waals surface area contributed by atoms with E-state index in [0.717, 1.165) is 6.42 Å². The number of hydrogen-bond donors (Lipinski definition) is 2. The number of carbonyl (C=O) groups excluding carboxylic acids is 1. The first-order chi connectivity index (χ1) is 8.54. The number of aliphatic hydroxyl groups is 1. The summed E-state index contributed by atoms with van der Waals surface area (Å²) in [4.78, 5) is 13.4. The molecule has 18 heavy (non-hydrogen) atoms. The van der Waals surface area contributed by atoms with Gasteiger partial charge in [-0.15, -0.1) is 11.3 Å². The van der Waals surface area contributed by atoms with E-state index >= 15 is 0 Å². The Bertz CT molecular complexity index is 429. The zero-order valence-corrected chi connectivity index (χ0v) is 12.0. The average molecular weight is 267 g/mol. The molecule has 100 valence electrons. The summed E-state index contributed by atoms with van der Waals surface area (Å²) < 4.78 is 0. The van der Waals surface area contributed by atoms with Gasteiger partial charge in [-0.05, 0) is 43.2 Å². The van der Waals surface area contributed by atoms with E-state index in [2.05, 4.69) is 23.7 Å². The van der Waals surface area contributed by atoms with Crippen LogP contribution in [0.1, 0.15) is 36.6 Å². The minimum absolute atomic E-state index is 0.0354. The summed E-state index contributed by atoms with van der Waals surface area (Å²) in [7, 11) is 0. The van der Waals surface area contributed by atoms with Crippen LogP contribution in [0.3, 0.4) is 0 Å². The molecule has 1 saturated carbocycles. The second kappa shape index (κ2) is 5.41. The van der Waals surface area contributed by atoms with Crippen LogP contribution in [0.5, 0.6) is 0 Å². The predicted octanol–water partition coefficient (Wildman–Crippen LogP) is 2.29. The second-order valence-corrected chi connectivity index (χ2v) is 6.32. The molecule has 4 heteroatoms. The highest BCUT2D eigenvalue weighted by molar-refractivity contribution is 7.10. The molecule has 4 unspecified atom stereocenters. The van der Waals surface area contributed by atoms with Crippen molar-refractivity contribution in [2.24, 2.45) is 11.8 Å². The maximum atomic E-state index is 12.1. The molecular formula is C14H21NO2S. The summed E-state index contributed by atoms with van der Waals surface area (Å²) in [5, 5.41) is 14.2. The molecule has 1 heterocycles. The summed E-state index contributed by atoms with van der Waals surface area (Å²) in [5.41, 5.74) is 1.30. The van der Waals surface area contributed by atoms with Gasteiger partial charge in [-0.2, -0.15) is 0 Å². The van der Waals surface area contributed by atoms with E-state index in [1.54, 1.807) is 11.3 Å². The first kappa shape index (κ1) is 13.6. The fourth-order valence-electron chi connectivity index (χ4n) is 2.17. The molecule has 0 aromatic carbocycles. The van der Waals surface area contributed by atoms with Crippen LogP contribution >= 0.6 is 11.3 Å². The van der Waals surface area contributed by atoms with E-state index in [0.29, 0.717) is 5.92 Å². The Morgan fingerprint density at radius 2 is 2.33 bits per heavy atom. The molecule has 0 aliphatic heterocycles. The molecule has 4 atom stereocenters. The van der Waals surface area contributed by atoms with Gasteiger partial charge in [0.25, 0.3) is 0 Å². The summed E-state index contributed by atoms with van der Waals surface area (Å²) in [6.07, 6.45) is 0.966. The molecular weight excluding hydrogens is 246 g/mol. The highest BCUT2D eigenvalue weighted by Gasteiger charge is 2.45. The molecule has 0 saturated heterocycles. The molecule has 1 aliphatic carbocycles. The number of thiophene rings is 1. The Morgan fingerprint density at radius 3 is 2.89 bits per heavy atom. The summed E-state index contributed by atoms with van der Waals surface area (Å²) in [6.45, 7) is 6.11. The normalized spacial score (nSPS) is 25.6. The van der Waals surface area contributed by atoms with Crippen molar-refractivity contribution < 1.29 is 9.90 Å². The number of carbonyl (C=O) groups is 1. The number of amides is 1. The molecule has 1 aliphatic rings. The first-order valence-electron chi connectivity index (χ1n) is 6.49. The van der Waals surface area contributed by atoms with E-state index < -0.39 is 0 Å². The smallest absolute Gasteiger partial charge is 0.223 e. The van der Waals surface area contributed by atoms with E-state index in [4.69, 9.17) is 5.11 Å². The summed E-state index contributed by atoms with van der Waals surface area (Å²) in [5.74, 6) is 0.799. The van der Waals surface area contributed by atoms with Crippen molar-refractivity contribution in [3.05, 3.63) is 21.9 Å². The van der Waals surface area contributed by atoms with Gasteiger partial charge >= 0.3 is 0 Å². The van der Waals surface area contributed by atoms with E-state index in [1.165, 1.54) is 10.4 Å². The third kappa shape index (κ3) is 2.75. The minimum atomic E-state index is 0.0354. The molecule has 1 aromatic rings.